The fraction of sp³-hybridized carbons (Fsp3) is 0.727. The van der Waals surface area contributed by atoms with Gasteiger partial charge in [-0.05, 0) is 31.2 Å². The van der Waals surface area contributed by atoms with Crippen LogP contribution in [-0.2, 0) is 19.3 Å². The summed E-state index contributed by atoms with van der Waals surface area (Å²) in [6.07, 6.45) is 1.55. The van der Waals surface area contributed by atoms with Crippen LogP contribution in [0, 0.1) is 0 Å². The number of aryl methyl sites for hydroxylation is 1. The van der Waals surface area contributed by atoms with E-state index in [1.165, 1.54) is 0 Å². The quantitative estimate of drug-likeness (QED) is 0.776. The van der Waals surface area contributed by atoms with Crippen LogP contribution in [0.3, 0.4) is 0 Å². The summed E-state index contributed by atoms with van der Waals surface area (Å²) in [6.45, 7) is 7.97. The fourth-order valence-electron chi connectivity index (χ4n) is 1.56. The molecule has 0 amide bonds. The van der Waals surface area contributed by atoms with Crippen molar-refractivity contribution in [1.29, 1.82) is 0 Å². The molecule has 2 rings (SSSR count). The highest BCUT2D eigenvalue weighted by molar-refractivity contribution is 7.98. The van der Waals surface area contributed by atoms with Gasteiger partial charge >= 0.3 is 0 Å². The summed E-state index contributed by atoms with van der Waals surface area (Å²) in [5, 5.41) is 20.0. The molecule has 0 aromatic carbocycles. The first-order valence-corrected chi connectivity index (χ1v) is 7.41. The highest BCUT2D eigenvalue weighted by Gasteiger charge is 2.11. The minimum Gasteiger partial charge on any atom is -0.310 e. The van der Waals surface area contributed by atoms with Gasteiger partial charge in [-0.2, -0.15) is 5.10 Å². The topological polar surface area (TPSA) is 86.3 Å². The first kappa shape index (κ1) is 14.9. The molecule has 2 aromatic rings. The first-order chi connectivity index (χ1) is 9.46. The smallest absolute Gasteiger partial charge is 0.209 e. The Bertz CT molecular complexity index is 541. The van der Waals surface area contributed by atoms with Gasteiger partial charge in [0.1, 0.15) is 12.2 Å². The van der Waals surface area contributed by atoms with Crippen LogP contribution in [-0.4, -0.2) is 47.1 Å². The zero-order chi connectivity index (χ0) is 14.6. The Labute approximate surface area is 122 Å². The van der Waals surface area contributed by atoms with Gasteiger partial charge in [-0.1, -0.05) is 11.8 Å². The van der Waals surface area contributed by atoms with Gasteiger partial charge < -0.3 is 5.32 Å². The molecule has 0 fully saturated rings. The second kappa shape index (κ2) is 6.31. The molecule has 2 heterocycles. The fourth-order valence-corrected chi connectivity index (χ4v) is 2.45. The number of nitrogens with zero attached hydrogens (tertiary/aromatic N) is 7. The lowest BCUT2D eigenvalue weighted by molar-refractivity contribution is 0.396. The van der Waals surface area contributed by atoms with E-state index in [1.807, 2.05) is 7.05 Å². The average Bonchev–Trinajstić information content (AvgIpc) is 2.94. The number of aromatic nitrogens is 7. The summed E-state index contributed by atoms with van der Waals surface area (Å²) in [6, 6.07) is 0. The van der Waals surface area contributed by atoms with Crippen molar-refractivity contribution in [2.75, 3.05) is 6.54 Å². The summed E-state index contributed by atoms with van der Waals surface area (Å²) < 4.78 is 3.56. The lowest BCUT2D eigenvalue weighted by atomic mass is 10.1. The average molecular weight is 296 g/mol. The summed E-state index contributed by atoms with van der Waals surface area (Å²) in [7, 11) is 1.87. The molecular formula is C11H20N8S. The molecule has 2 aromatic heterocycles. The van der Waals surface area contributed by atoms with Crippen molar-refractivity contribution in [3.63, 3.8) is 0 Å². The Morgan fingerprint density at radius 3 is 2.80 bits per heavy atom. The number of hydrogen-bond acceptors (Lipinski definition) is 7. The van der Waals surface area contributed by atoms with E-state index in [-0.39, 0.29) is 5.54 Å². The summed E-state index contributed by atoms with van der Waals surface area (Å²) in [5.41, 5.74) is 0.0972. The summed E-state index contributed by atoms with van der Waals surface area (Å²) in [5.74, 6) is 1.60. The van der Waals surface area contributed by atoms with E-state index in [9.17, 15) is 0 Å². The zero-order valence-electron chi connectivity index (χ0n) is 12.2. The van der Waals surface area contributed by atoms with Crippen molar-refractivity contribution in [1.82, 2.24) is 40.3 Å². The van der Waals surface area contributed by atoms with Gasteiger partial charge in [-0.3, -0.25) is 4.68 Å². The molecule has 1 N–H and O–H groups in total. The van der Waals surface area contributed by atoms with Crippen LogP contribution in [0.2, 0.25) is 0 Å². The van der Waals surface area contributed by atoms with Crippen LogP contribution in [0.4, 0.5) is 0 Å². The van der Waals surface area contributed by atoms with Crippen molar-refractivity contribution in [3.05, 3.63) is 12.2 Å². The summed E-state index contributed by atoms with van der Waals surface area (Å²) in [4.78, 5) is 4.18. The van der Waals surface area contributed by atoms with Crippen LogP contribution in [0.5, 0.6) is 0 Å². The van der Waals surface area contributed by atoms with Crippen molar-refractivity contribution in [3.8, 4) is 0 Å². The predicted molar refractivity (Wildman–Crippen MR) is 76.1 cm³/mol. The molecule has 9 heteroatoms. The minimum atomic E-state index is 0.0972. The Morgan fingerprint density at radius 1 is 1.35 bits per heavy atom. The van der Waals surface area contributed by atoms with Crippen molar-refractivity contribution >= 4 is 11.8 Å². The molecule has 0 saturated heterocycles. The van der Waals surface area contributed by atoms with Gasteiger partial charge in [-0.15, -0.1) is 5.10 Å². The third-order valence-corrected chi connectivity index (χ3v) is 3.57. The Hall–Kier alpha value is -1.48. The maximum Gasteiger partial charge on any atom is 0.209 e. The van der Waals surface area contributed by atoms with Gasteiger partial charge in [0.05, 0.1) is 12.3 Å². The second-order valence-corrected chi connectivity index (χ2v) is 6.39. The molecule has 0 unspecified atom stereocenters. The highest BCUT2D eigenvalue weighted by Crippen LogP contribution is 2.17. The van der Waals surface area contributed by atoms with Crippen LogP contribution in [0.15, 0.2) is 11.5 Å². The highest BCUT2D eigenvalue weighted by atomic mass is 32.2. The normalized spacial score (nSPS) is 12.0. The van der Waals surface area contributed by atoms with Crippen molar-refractivity contribution in [2.24, 2.45) is 7.05 Å². The predicted octanol–water partition coefficient (Wildman–Crippen LogP) is 0.482. The number of nitrogens with one attached hydrogen (secondary N) is 1. The molecular weight excluding hydrogens is 276 g/mol. The molecule has 0 aliphatic carbocycles. The lowest BCUT2D eigenvalue weighted by Gasteiger charge is -2.20. The minimum absolute atomic E-state index is 0.0972. The maximum atomic E-state index is 4.18. The van der Waals surface area contributed by atoms with Gasteiger partial charge in [0, 0.05) is 19.1 Å². The Kier molecular flexibility index (Phi) is 4.71. The van der Waals surface area contributed by atoms with E-state index in [2.05, 4.69) is 51.7 Å². The van der Waals surface area contributed by atoms with E-state index >= 15 is 0 Å². The Balaban J connectivity index is 1.87. The molecule has 0 aliphatic rings. The van der Waals surface area contributed by atoms with E-state index in [1.54, 1.807) is 27.5 Å². The van der Waals surface area contributed by atoms with Crippen LogP contribution in [0.1, 0.15) is 26.6 Å². The number of rotatable bonds is 6. The third-order valence-electron chi connectivity index (χ3n) is 2.61. The van der Waals surface area contributed by atoms with Gasteiger partial charge in [0.25, 0.3) is 0 Å². The first-order valence-electron chi connectivity index (χ1n) is 6.42. The molecule has 0 radical (unpaired) electrons. The van der Waals surface area contributed by atoms with Gasteiger partial charge in [0.2, 0.25) is 5.16 Å². The molecule has 0 atom stereocenters. The maximum absolute atomic E-state index is 4.18. The van der Waals surface area contributed by atoms with Crippen molar-refractivity contribution in [2.45, 2.75) is 43.8 Å². The molecule has 110 valence electrons. The van der Waals surface area contributed by atoms with Crippen LogP contribution in [0.25, 0.3) is 0 Å². The van der Waals surface area contributed by atoms with E-state index < -0.39 is 0 Å². The van der Waals surface area contributed by atoms with E-state index in [0.29, 0.717) is 5.75 Å². The zero-order valence-corrected chi connectivity index (χ0v) is 13.1. The van der Waals surface area contributed by atoms with E-state index in [4.69, 9.17) is 0 Å². The third kappa shape index (κ3) is 4.27. The lowest BCUT2D eigenvalue weighted by Crippen LogP contribution is -2.38. The van der Waals surface area contributed by atoms with Crippen LogP contribution >= 0.6 is 11.8 Å². The standard InChI is InChI=1S/C11H20N8S/c1-11(2,3)13-5-6-19-10(15-16-17-19)20-7-9-12-8-14-18(9)4/h8,13H,5-7H2,1-4H3. The van der Waals surface area contributed by atoms with E-state index in [0.717, 1.165) is 24.1 Å². The molecule has 0 aliphatic heterocycles. The van der Waals surface area contributed by atoms with Gasteiger partial charge in [0.15, 0.2) is 0 Å². The number of hydrogen-bond donors (Lipinski definition) is 1. The summed E-state index contributed by atoms with van der Waals surface area (Å²) >= 11 is 1.56. The number of tetrazole rings is 1. The SMILES string of the molecule is Cn1ncnc1CSc1nnnn1CCNC(C)(C)C. The largest absolute Gasteiger partial charge is 0.310 e. The molecule has 0 saturated carbocycles. The van der Waals surface area contributed by atoms with Crippen LogP contribution < -0.4 is 5.32 Å². The molecule has 8 nitrogen and oxygen atoms in total. The molecule has 20 heavy (non-hydrogen) atoms. The molecule has 0 spiro atoms. The number of thioether (sulfide) groups is 1. The molecule has 0 bridgehead atoms. The van der Waals surface area contributed by atoms with Gasteiger partial charge in [-0.25, -0.2) is 9.67 Å². The monoisotopic (exact) mass is 296 g/mol. The Morgan fingerprint density at radius 2 is 2.15 bits per heavy atom. The second-order valence-electron chi connectivity index (χ2n) is 5.45. The van der Waals surface area contributed by atoms with Crippen molar-refractivity contribution < 1.29 is 0 Å².